The lowest BCUT2D eigenvalue weighted by atomic mass is 10.00. The molecule has 0 fully saturated rings. The van der Waals surface area contributed by atoms with Crippen LogP contribution in [0.5, 0.6) is 0 Å². The number of para-hydroxylation sites is 1. The molecular formula is C52H27N3OS2. The molecule has 0 N–H and O–H groups in total. The zero-order valence-corrected chi connectivity index (χ0v) is 32.3. The predicted octanol–water partition coefficient (Wildman–Crippen LogP) is 15.3. The second-order valence-electron chi connectivity index (χ2n) is 15.2. The summed E-state index contributed by atoms with van der Waals surface area (Å²) in [5, 5.41) is 13.5. The summed E-state index contributed by atoms with van der Waals surface area (Å²) in [6.07, 6.45) is 0. The van der Waals surface area contributed by atoms with Crippen molar-refractivity contribution < 1.29 is 4.42 Å². The van der Waals surface area contributed by atoms with Gasteiger partial charge in [0.2, 0.25) is 0 Å². The number of nitrogens with zero attached hydrogens (tertiary/aromatic N) is 3. The molecule has 0 aliphatic heterocycles. The van der Waals surface area contributed by atoms with Crippen LogP contribution in [-0.2, 0) is 0 Å². The summed E-state index contributed by atoms with van der Waals surface area (Å²) in [4.78, 5) is 10.9. The SMILES string of the molecule is c1ccc2c(c1)oc1cc(-c3nc(-c4ccc(-n5c6ccc7cccc8sc9cccc%10ccc5c(c%109)c6c78)c5ccccc45)nc4c3sc3ccccc34)ccc12. The van der Waals surface area contributed by atoms with Crippen LogP contribution in [0.3, 0.4) is 0 Å². The van der Waals surface area contributed by atoms with E-state index in [0.717, 1.165) is 70.8 Å². The highest BCUT2D eigenvalue weighted by atomic mass is 32.1. The van der Waals surface area contributed by atoms with Gasteiger partial charge in [0.05, 0.1) is 32.6 Å². The first-order valence-corrected chi connectivity index (χ1v) is 21.1. The summed E-state index contributed by atoms with van der Waals surface area (Å²) in [6, 6.07) is 59.2. The third-order valence-corrected chi connectivity index (χ3v) is 14.5. The van der Waals surface area contributed by atoms with Gasteiger partial charge in [-0.25, -0.2) is 9.97 Å². The Morgan fingerprint density at radius 2 is 1.10 bits per heavy atom. The smallest absolute Gasteiger partial charge is 0.161 e. The van der Waals surface area contributed by atoms with E-state index in [2.05, 4.69) is 156 Å². The van der Waals surface area contributed by atoms with Gasteiger partial charge in [0, 0.05) is 68.3 Å². The molecular weight excluding hydrogens is 747 g/mol. The minimum absolute atomic E-state index is 0.707. The highest BCUT2D eigenvalue weighted by Gasteiger charge is 2.24. The van der Waals surface area contributed by atoms with Crippen molar-refractivity contribution in [2.24, 2.45) is 0 Å². The first kappa shape index (κ1) is 31.0. The van der Waals surface area contributed by atoms with Gasteiger partial charge in [-0.15, -0.1) is 22.7 Å². The summed E-state index contributed by atoms with van der Waals surface area (Å²) in [6.45, 7) is 0. The maximum Gasteiger partial charge on any atom is 0.161 e. The van der Waals surface area contributed by atoms with Gasteiger partial charge >= 0.3 is 0 Å². The van der Waals surface area contributed by atoms with E-state index >= 15 is 0 Å². The molecule has 0 amide bonds. The molecule has 0 unspecified atom stereocenters. The van der Waals surface area contributed by atoms with Crippen molar-refractivity contribution in [2.45, 2.75) is 0 Å². The number of aromatic nitrogens is 3. The van der Waals surface area contributed by atoms with Crippen molar-refractivity contribution in [1.29, 1.82) is 0 Å². The Morgan fingerprint density at radius 1 is 0.448 bits per heavy atom. The molecule has 0 saturated carbocycles. The molecule has 0 bridgehead atoms. The molecule has 0 aliphatic carbocycles. The highest BCUT2D eigenvalue weighted by Crippen LogP contribution is 2.48. The molecule has 6 heteroatoms. The monoisotopic (exact) mass is 773 g/mol. The average Bonchev–Trinajstić information content (AvgIpc) is 3.92. The Bertz CT molecular complexity index is 3950. The number of rotatable bonds is 3. The lowest BCUT2D eigenvalue weighted by Gasteiger charge is -2.15. The maximum absolute atomic E-state index is 6.38. The molecule has 4 nitrogen and oxygen atoms in total. The van der Waals surface area contributed by atoms with Crippen molar-refractivity contribution in [3.63, 3.8) is 0 Å². The Hall–Kier alpha value is -7.12. The van der Waals surface area contributed by atoms with Crippen molar-refractivity contribution in [3.8, 4) is 28.3 Å². The van der Waals surface area contributed by atoms with Crippen LogP contribution < -0.4 is 0 Å². The van der Waals surface area contributed by atoms with Crippen LogP contribution in [0.4, 0.5) is 0 Å². The summed E-state index contributed by atoms with van der Waals surface area (Å²) in [7, 11) is 0. The van der Waals surface area contributed by atoms with Gasteiger partial charge in [0.15, 0.2) is 5.82 Å². The summed E-state index contributed by atoms with van der Waals surface area (Å²) >= 11 is 3.64. The number of hydrogen-bond acceptors (Lipinski definition) is 5. The molecule has 14 rings (SSSR count). The first-order valence-electron chi connectivity index (χ1n) is 19.5. The van der Waals surface area contributed by atoms with Crippen molar-refractivity contribution in [2.75, 3.05) is 0 Å². The van der Waals surface area contributed by atoms with E-state index in [-0.39, 0.29) is 0 Å². The Morgan fingerprint density at radius 3 is 1.88 bits per heavy atom. The van der Waals surface area contributed by atoms with E-state index in [1.54, 1.807) is 11.3 Å². The summed E-state index contributed by atoms with van der Waals surface area (Å²) in [5.41, 5.74) is 9.20. The zero-order valence-electron chi connectivity index (χ0n) is 30.7. The quantitative estimate of drug-likeness (QED) is 0.180. The van der Waals surface area contributed by atoms with Crippen molar-refractivity contribution in [3.05, 3.63) is 164 Å². The first-order chi connectivity index (χ1) is 28.7. The van der Waals surface area contributed by atoms with Crippen LogP contribution in [0.15, 0.2) is 168 Å². The molecule has 9 aromatic carbocycles. The number of hydrogen-bond donors (Lipinski definition) is 0. The molecule has 5 heterocycles. The zero-order chi connectivity index (χ0) is 37.6. The average molecular weight is 774 g/mol. The molecule has 0 aliphatic rings. The highest BCUT2D eigenvalue weighted by molar-refractivity contribution is 7.26. The van der Waals surface area contributed by atoms with Gasteiger partial charge in [0.25, 0.3) is 0 Å². The summed E-state index contributed by atoms with van der Waals surface area (Å²) in [5.74, 6) is 0.707. The molecule has 5 aromatic heterocycles. The Labute approximate surface area is 337 Å². The second kappa shape index (κ2) is 11.3. The van der Waals surface area contributed by atoms with Crippen LogP contribution in [0, 0.1) is 0 Å². The van der Waals surface area contributed by atoms with Gasteiger partial charge < -0.3 is 8.98 Å². The molecule has 0 spiro atoms. The Balaban J connectivity index is 1.05. The standard InChI is InChI=1S/C52H27N3OS2/c1-2-12-32-31(11-1)35(23-26-37(32)55-38-24-20-28-9-7-17-43-45(28)47(38)48-39(55)25-21-29-10-8-18-44(57-43)46(29)48)52-53-49(51-50(54-52)36-14-4-6-16-42(36)58-51)30-19-22-34-33-13-3-5-15-40(33)56-41(34)27-30/h1-27H. The van der Waals surface area contributed by atoms with Crippen LogP contribution >= 0.6 is 22.7 Å². The van der Waals surface area contributed by atoms with Gasteiger partial charge in [-0.3, -0.25) is 0 Å². The lowest BCUT2D eigenvalue weighted by Crippen LogP contribution is -1.98. The molecule has 14 aromatic rings. The minimum atomic E-state index is 0.707. The fourth-order valence-corrected chi connectivity index (χ4v) is 12.0. The second-order valence-corrected chi connectivity index (χ2v) is 17.4. The lowest BCUT2D eigenvalue weighted by molar-refractivity contribution is 0.669. The number of benzene rings is 9. The largest absolute Gasteiger partial charge is 0.456 e. The van der Waals surface area contributed by atoms with Crippen LogP contribution in [0.25, 0.3) is 134 Å². The third-order valence-electron chi connectivity index (χ3n) is 12.2. The normalized spacial score (nSPS) is 12.5. The predicted molar refractivity (Wildman–Crippen MR) is 246 cm³/mol. The van der Waals surface area contributed by atoms with Gasteiger partial charge in [-0.1, -0.05) is 103 Å². The van der Waals surface area contributed by atoms with Crippen LogP contribution in [-0.4, -0.2) is 14.5 Å². The molecule has 0 radical (unpaired) electrons. The van der Waals surface area contributed by atoms with E-state index < -0.39 is 0 Å². The molecule has 0 saturated heterocycles. The van der Waals surface area contributed by atoms with E-state index in [4.69, 9.17) is 14.4 Å². The molecule has 0 atom stereocenters. The van der Waals surface area contributed by atoms with Gasteiger partial charge in [0.1, 0.15) is 11.2 Å². The van der Waals surface area contributed by atoms with E-state index in [1.807, 2.05) is 23.5 Å². The van der Waals surface area contributed by atoms with Gasteiger partial charge in [-0.05, 0) is 76.8 Å². The third kappa shape index (κ3) is 4.07. The minimum Gasteiger partial charge on any atom is -0.456 e. The van der Waals surface area contributed by atoms with E-state index in [0.29, 0.717) is 5.82 Å². The van der Waals surface area contributed by atoms with Crippen LogP contribution in [0.1, 0.15) is 0 Å². The van der Waals surface area contributed by atoms with E-state index in [9.17, 15) is 0 Å². The number of thiophene rings is 1. The van der Waals surface area contributed by atoms with Gasteiger partial charge in [-0.2, -0.15) is 0 Å². The number of furan rings is 1. The van der Waals surface area contributed by atoms with E-state index in [1.165, 1.54) is 57.5 Å². The maximum atomic E-state index is 6.38. The van der Waals surface area contributed by atoms with Crippen molar-refractivity contribution >= 4 is 128 Å². The van der Waals surface area contributed by atoms with Crippen molar-refractivity contribution in [1.82, 2.24) is 14.5 Å². The fraction of sp³-hybridized carbons (Fsp3) is 0. The molecule has 268 valence electrons. The number of fused-ring (bicyclic) bond motifs is 7. The fourth-order valence-electron chi connectivity index (χ4n) is 9.68. The summed E-state index contributed by atoms with van der Waals surface area (Å²) < 4.78 is 13.7. The van der Waals surface area contributed by atoms with Crippen LogP contribution in [0.2, 0.25) is 0 Å². The molecule has 58 heavy (non-hydrogen) atoms. The topological polar surface area (TPSA) is 43.9 Å². The Kier molecular flexibility index (Phi) is 6.02.